The number of para-hydroxylation sites is 1. The van der Waals surface area contributed by atoms with Crippen molar-refractivity contribution in [2.24, 2.45) is 0 Å². The van der Waals surface area contributed by atoms with Gasteiger partial charge in [-0.1, -0.05) is 18.2 Å². The van der Waals surface area contributed by atoms with Gasteiger partial charge >= 0.3 is 0 Å². The Morgan fingerprint density at radius 3 is 2.92 bits per heavy atom. The zero-order valence-electron chi connectivity index (χ0n) is 13.0. The molecule has 24 heavy (non-hydrogen) atoms. The number of hydrogen-bond donors (Lipinski definition) is 3. The molecule has 1 aliphatic rings. The van der Waals surface area contributed by atoms with Crippen LogP contribution in [0.3, 0.4) is 0 Å². The van der Waals surface area contributed by atoms with Gasteiger partial charge in [-0.3, -0.25) is 9.59 Å². The van der Waals surface area contributed by atoms with Crippen molar-refractivity contribution < 1.29 is 14.7 Å². The first kappa shape index (κ1) is 17.1. The van der Waals surface area contributed by atoms with Gasteiger partial charge in [0, 0.05) is 31.5 Å². The third kappa shape index (κ3) is 4.14. The van der Waals surface area contributed by atoms with E-state index in [1.165, 1.54) is 17.4 Å². The van der Waals surface area contributed by atoms with Crippen LogP contribution in [0, 0.1) is 11.3 Å². The highest BCUT2D eigenvalue weighted by molar-refractivity contribution is 5.92. The summed E-state index contributed by atoms with van der Waals surface area (Å²) in [7, 11) is 0. The summed E-state index contributed by atoms with van der Waals surface area (Å²) in [6.07, 6.45) is 2.60. The average Bonchev–Trinajstić information content (AvgIpc) is 3.23. The normalized spacial score (nSPS) is 11.7. The van der Waals surface area contributed by atoms with E-state index < -0.39 is 0 Å². The molecule has 0 fully saturated rings. The fourth-order valence-corrected chi connectivity index (χ4v) is 2.63. The molecule has 0 saturated heterocycles. The van der Waals surface area contributed by atoms with Gasteiger partial charge in [-0.05, 0) is 24.1 Å². The maximum absolute atomic E-state index is 11.9. The van der Waals surface area contributed by atoms with Crippen LogP contribution in [-0.4, -0.2) is 42.1 Å². The number of hydrogen-bond acceptors (Lipinski definition) is 4. The molecule has 2 aromatic rings. The van der Waals surface area contributed by atoms with Crippen LogP contribution in [-0.2, 0) is 11.2 Å². The molecule has 0 saturated carbocycles. The Morgan fingerprint density at radius 2 is 2.21 bits per heavy atom. The van der Waals surface area contributed by atoms with Crippen LogP contribution in [0.15, 0.2) is 36.5 Å². The third-order valence-corrected chi connectivity index (χ3v) is 3.71. The molecular formula is C17H18N4O3. The second kappa shape index (κ2) is 8.39. The van der Waals surface area contributed by atoms with Crippen molar-refractivity contribution in [3.63, 3.8) is 0 Å². The Kier molecular flexibility index (Phi) is 5.97. The lowest BCUT2D eigenvalue weighted by Gasteiger charge is -2.19. The summed E-state index contributed by atoms with van der Waals surface area (Å²) >= 11 is 0. The molecule has 2 heterocycles. The molecule has 7 heteroatoms. The lowest BCUT2D eigenvalue weighted by atomic mass is 10.2. The van der Waals surface area contributed by atoms with Gasteiger partial charge in [0.15, 0.2) is 0 Å². The number of benzene rings is 1. The Bertz CT molecular complexity index is 748. The maximum atomic E-state index is 11.9. The highest BCUT2D eigenvalue weighted by Crippen LogP contribution is 2.26. The molecule has 1 amide bonds. The van der Waals surface area contributed by atoms with Crippen LogP contribution in [0.4, 0.5) is 5.69 Å². The van der Waals surface area contributed by atoms with E-state index in [1.54, 1.807) is 6.07 Å². The number of carbonyl (C=O) groups excluding carboxylic acids is 1. The predicted octanol–water partition coefficient (Wildman–Crippen LogP) is 1.38. The van der Waals surface area contributed by atoms with E-state index in [0.717, 1.165) is 19.5 Å². The lowest BCUT2D eigenvalue weighted by molar-refractivity contribution is -0.122. The van der Waals surface area contributed by atoms with E-state index in [2.05, 4.69) is 33.4 Å². The molecule has 124 valence electrons. The van der Waals surface area contributed by atoms with Crippen molar-refractivity contribution in [1.82, 2.24) is 10.3 Å². The molecule has 7 nitrogen and oxygen atoms in total. The Hall–Kier alpha value is -3.27. The monoisotopic (exact) mass is 326 g/mol. The number of nitriles is 1. The topological polar surface area (TPSA) is 109 Å². The summed E-state index contributed by atoms with van der Waals surface area (Å²) in [5.41, 5.74) is 3.52. The third-order valence-electron chi connectivity index (χ3n) is 3.71. The largest absolute Gasteiger partial charge is 0.483 e. The molecule has 1 aromatic carbocycles. The zero-order valence-corrected chi connectivity index (χ0v) is 13.0. The number of aromatic amines is 1. The Labute approximate surface area is 139 Å². The van der Waals surface area contributed by atoms with Crippen molar-refractivity contribution in [1.29, 1.82) is 5.26 Å². The molecule has 0 bridgehead atoms. The van der Waals surface area contributed by atoms with Crippen molar-refractivity contribution in [3.8, 4) is 6.07 Å². The molecule has 0 aliphatic carbocycles. The minimum atomic E-state index is -0.250. The summed E-state index contributed by atoms with van der Waals surface area (Å²) in [5.74, 6) is -0.177. The predicted molar refractivity (Wildman–Crippen MR) is 88.9 cm³/mol. The van der Waals surface area contributed by atoms with E-state index in [4.69, 9.17) is 15.2 Å². The van der Waals surface area contributed by atoms with Gasteiger partial charge in [-0.2, -0.15) is 5.26 Å². The molecule has 1 aromatic heterocycles. The summed E-state index contributed by atoms with van der Waals surface area (Å²) in [6, 6.07) is 11.9. The van der Waals surface area contributed by atoms with Gasteiger partial charge in [-0.15, -0.1) is 0 Å². The van der Waals surface area contributed by atoms with E-state index in [1.807, 2.05) is 12.1 Å². The standard InChI is InChI=1S/C16H16N4O.CH2O2/c17-10-12-9-14(19-11-12)16(21)18-6-8-20-7-5-13-3-1-2-4-15(13)20;2-1-3/h1-4,9,11,19H,5-8H2,(H,18,21);1H,(H,2,3). The van der Waals surface area contributed by atoms with E-state index in [0.29, 0.717) is 17.8 Å². The molecule has 3 N–H and O–H groups in total. The van der Waals surface area contributed by atoms with E-state index in [9.17, 15) is 4.79 Å². The van der Waals surface area contributed by atoms with Crippen molar-refractivity contribution in [2.45, 2.75) is 6.42 Å². The highest BCUT2D eigenvalue weighted by atomic mass is 16.3. The van der Waals surface area contributed by atoms with Gasteiger partial charge < -0.3 is 20.3 Å². The average molecular weight is 326 g/mol. The van der Waals surface area contributed by atoms with E-state index >= 15 is 0 Å². The molecule has 0 unspecified atom stereocenters. The summed E-state index contributed by atoms with van der Waals surface area (Å²) in [6.45, 7) is 2.11. The SMILES string of the molecule is N#Cc1c[nH]c(C(=O)NCCN2CCc3ccccc32)c1.O=CO. The zero-order chi connectivity index (χ0) is 17.4. The van der Waals surface area contributed by atoms with E-state index in [-0.39, 0.29) is 12.4 Å². The number of nitrogens with one attached hydrogen (secondary N) is 2. The first-order valence-electron chi connectivity index (χ1n) is 7.47. The number of anilines is 1. The molecular weight excluding hydrogens is 308 g/mol. The molecule has 1 aliphatic heterocycles. The lowest BCUT2D eigenvalue weighted by Crippen LogP contribution is -2.34. The van der Waals surface area contributed by atoms with Crippen molar-refractivity contribution in [2.75, 3.05) is 24.5 Å². The summed E-state index contributed by atoms with van der Waals surface area (Å²) in [5, 5.41) is 18.5. The quantitative estimate of drug-likeness (QED) is 0.735. The highest BCUT2D eigenvalue weighted by Gasteiger charge is 2.18. The van der Waals surface area contributed by atoms with Crippen LogP contribution >= 0.6 is 0 Å². The van der Waals surface area contributed by atoms with Crippen molar-refractivity contribution in [3.05, 3.63) is 53.3 Å². The number of carboxylic acid groups (broad SMARTS) is 1. The number of amides is 1. The van der Waals surface area contributed by atoms with Crippen LogP contribution in [0.2, 0.25) is 0 Å². The van der Waals surface area contributed by atoms with Crippen LogP contribution in [0.5, 0.6) is 0 Å². The molecule has 0 radical (unpaired) electrons. The summed E-state index contributed by atoms with van der Waals surface area (Å²) < 4.78 is 0. The number of nitrogens with zero attached hydrogens (tertiary/aromatic N) is 2. The fourth-order valence-electron chi connectivity index (χ4n) is 2.63. The Balaban J connectivity index is 0.000000647. The minimum absolute atomic E-state index is 0.177. The number of rotatable bonds is 4. The first-order chi connectivity index (χ1) is 11.7. The van der Waals surface area contributed by atoms with Gasteiger partial charge in [0.2, 0.25) is 0 Å². The smallest absolute Gasteiger partial charge is 0.290 e. The van der Waals surface area contributed by atoms with Crippen molar-refractivity contribution >= 4 is 18.1 Å². The van der Waals surface area contributed by atoms with Gasteiger partial charge in [0.25, 0.3) is 12.4 Å². The number of H-pyrrole nitrogens is 1. The first-order valence-corrected chi connectivity index (χ1v) is 7.47. The Morgan fingerprint density at radius 1 is 1.46 bits per heavy atom. The van der Waals surface area contributed by atoms with Crippen LogP contribution in [0.1, 0.15) is 21.6 Å². The summed E-state index contributed by atoms with van der Waals surface area (Å²) in [4.78, 5) is 25.4. The fraction of sp³-hybridized carbons (Fsp3) is 0.235. The van der Waals surface area contributed by atoms with Crippen LogP contribution < -0.4 is 10.2 Å². The number of fused-ring (bicyclic) bond motifs is 1. The second-order valence-electron chi connectivity index (χ2n) is 5.14. The molecule has 3 rings (SSSR count). The number of carbonyl (C=O) groups is 2. The van der Waals surface area contributed by atoms with Gasteiger partial charge in [-0.25, -0.2) is 0 Å². The van der Waals surface area contributed by atoms with Gasteiger partial charge in [0.1, 0.15) is 11.8 Å². The van der Waals surface area contributed by atoms with Crippen LogP contribution in [0.25, 0.3) is 0 Å². The second-order valence-corrected chi connectivity index (χ2v) is 5.14. The van der Waals surface area contributed by atoms with Gasteiger partial charge in [0.05, 0.1) is 5.56 Å². The number of aromatic nitrogens is 1. The minimum Gasteiger partial charge on any atom is -0.483 e. The maximum Gasteiger partial charge on any atom is 0.290 e. The molecule has 0 atom stereocenters. The molecule has 0 spiro atoms.